The minimum absolute atomic E-state index is 0.147. The summed E-state index contributed by atoms with van der Waals surface area (Å²) in [7, 11) is 0. The van der Waals surface area contributed by atoms with Crippen LogP contribution in [-0.2, 0) is 0 Å². The van der Waals surface area contributed by atoms with Crippen LogP contribution in [0.1, 0.15) is 31.0 Å². The normalized spacial score (nSPS) is 12.5. The fourth-order valence-electron chi connectivity index (χ4n) is 1.52. The van der Waals surface area contributed by atoms with E-state index in [1.54, 1.807) is 19.1 Å². The quantitative estimate of drug-likeness (QED) is 0.611. The van der Waals surface area contributed by atoms with Crippen molar-refractivity contribution in [2.75, 3.05) is 6.54 Å². The van der Waals surface area contributed by atoms with Crippen molar-refractivity contribution in [2.24, 2.45) is 0 Å². The van der Waals surface area contributed by atoms with Crippen molar-refractivity contribution >= 4 is 5.69 Å². The lowest BCUT2D eigenvalue weighted by atomic mass is 10.0. The van der Waals surface area contributed by atoms with Crippen molar-refractivity contribution in [1.82, 2.24) is 5.32 Å². The van der Waals surface area contributed by atoms with Crippen LogP contribution < -0.4 is 5.32 Å². The summed E-state index contributed by atoms with van der Waals surface area (Å²) in [5.41, 5.74) is 1.85. The SMILES string of the molecule is CCNC(C)c1ccc(C)c([N+](=O)[O-])c1. The molecule has 0 aliphatic rings. The van der Waals surface area contributed by atoms with Crippen molar-refractivity contribution in [2.45, 2.75) is 26.8 Å². The first-order valence-electron chi connectivity index (χ1n) is 5.04. The van der Waals surface area contributed by atoms with Crippen LogP contribution >= 0.6 is 0 Å². The molecule has 1 atom stereocenters. The molecule has 0 aliphatic heterocycles. The van der Waals surface area contributed by atoms with Crippen molar-refractivity contribution in [3.05, 3.63) is 39.4 Å². The summed E-state index contributed by atoms with van der Waals surface area (Å²) in [5, 5.41) is 14.0. The average Bonchev–Trinajstić information content (AvgIpc) is 2.18. The predicted molar refractivity (Wildman–Crippen MR) is 59.9 cm³/mol. The Morgan fingerprint density at radius 2 is 2.20 bits per heavy atom. The van der Waals surface area contributed by atoms with Gasteiger partial charge in [0.05, 0.1) is 4.92 Å². The molecular weight excluding hydrogens is 192 g/mol. The summed E-state index contributed by atoms with van der Waals surface area (Å²) in [5.74, 6) is 0. The Morgan fingerprint density at radius 1 is 1.53 bits per heavy atom. The van der Waals surface area contributed by atoms with Crippen molar-refractivity contribution in [1.29, 1.82) is 0 Å². The van der Waals surface area contributed by atoms with Crippen LogP contribution in [0.5, 0.6) is 0 Å². The summed E-state index contributed by atoms with van der Waals surface area (Å²) in [6, 6.07) is 5.51. The molecule has 0 heterocycles. The fraction of sp³-hybridized carbons (Fsp3) is 0.455. The van der Waals surface area contributed by atoms with E-state index in [0.717, 1.165) is 12.1 Å². The number of nitro benzene ring substituents is 1. The molecule has 0 fully saturated rings. The Hall–Kier alpha value is -1.42. The number of nitrogens with one attached hydrogen (secondary N) is 1. The largest absolute Gasteiger partial charge is 0.310 e. The van der Waals surface area contributed by atoms with Crippen molar-refractivity contribution < 1.29 is 4.92 Å². The number of nitrogens with zero attached hydrogens (tertiary/aromatic N) is 1. The summed E-state index contributed by atoms with van der Waals surface area (Å²) in [6.07, 6.45) is 0. The average molecular weight is 208 g/mol. The standard InChI is InChI=1S/C11H16N2O2/c1-4-12-9(3)10-6-5-8(2)11(7-10)13(14)15/h5-7,9,12H,4H2,1-3H3. The van der Waals surface area contributed by atoms with Gasteiger partial charge in [-0.25, -0.2) is 0 Å². The molecule has 1 aromatic rings. The minimum Gasteiger partial charge on any atom is -0.310 e. The van der Waals surface area contributed by atoms with E-state index in [1.165, 1.54) is 0 Å². The number of rotatable bonds is 4. The highest BCUT2D eigenvalue weighted by Gasteiger charge is 2.13. The van der Waals surface area contributed by atoms with Crippen molar-refractivity contribution in [3.63, 3.8) is 0 Å². The molecule has 1 rings (SSSR count). The summed E-state index contributed by atoms with van der Waals surface area (Å²) >= 11 is 0. The molecule has 1 unspecified atom stereocenters. The van der Waals surface area contributed by atoms with Crippen molar-refractivity contribution in [3.8, 4) is 0 Å². The molecular formula is C11H16N2O2. The number of aryl methyl sites for hydroxylation is 1. The minimum atomic E-state index is -0.336. The van der Waals surface area contributed by atoms with Gasteiger partial charge in [0, 0.05) is 17.7 Å². The zero-order valence-corrected chi connectivity index (χ0v) is 9.28. The molecule has 0 spiro atoms. The van der Waals surface area contributed by atoms with Gasteiger partial charge in [0.25, 0.3) is 5.69 Å². The van der Waals surface area contributed by atoms with Crippen LogP contribution in [0.4, 0.5) is 5.69 Å². The second-order valence-corrected chi connectivity index (χ2v) is 3.58. The maximum atomic E-state index is 10.7. The van der Waals surface area contributed by atoms with Gasteiger partial charge in [0.2, 0.25) is 0 Å². The lowest BCUT2D eigenvalue weighted by Gasteiger charge is -2.12. The molecule has 4 heteroatoms. The van der Waals surface area contributed by atoms with Crippen LogP contribution in [0.2, 0.25) is 0 Å². The van der Waals surface area contributed by atoms with Crippen LogP contribution in [0, 0.1) is 17.0 Å². The third-order valence-corrected chi connectivity index (χ3v) is 2.44. The van der Waals surface area contributed by atoms with E-state index in [-0.39, 0.29) is 16.7 Å². The van der Waals surface area contributed by atoms with Crippen LogP contribution in [-0.4, -0.2) is 11.5 Å². The summed E-state index contributed by atoms with van der Waals surface area (Å²) in [4.78, 5) is 10.4. The Morgan fingerprint density at radius 3 is 2.73 bits per heavy atom. The molecule has 1 N–H and O–H groups in total. The van der Waals surface area contributed by atoms with E-state index in [2.05, 4.69) is 5.32 Å². The monoisotopic (exact) mass is 208 g/mol. The fourth-order valence-corrected chi connectivity index (χ4v) is 1.52. The first-order valence-corrected chi connectivity index (χ1v) is 5.04. The predicted octanol–water partition coefficient (Wildman–Crippen LogP) is 2.57. The van der Waals surface area contributed by atoms with Gasteiger partial charge in [0.1, 0.15) is 0 Å². The summed E-state index contributed by atoms with van der Waals surface area (Å²) < 4.78 is 0. The zero-order valence-electron chi connectivity index (χ0n) is 9.28. The second-order valence-electron chi connectivity index (χ2n) is 3.58. The molecule has 82 valence electrons. The number of hydrogen-bond donors (Lipinski definition) is 1. The molecule has 1 aromatic carbocycles. The highest BCUT2D eigenvalue weighted by molar-refractivity contribution is 5.43. The molecule has 0 aromatic heterocycles. The smallest absolute Gasteiger partial charge is 0.272 e. The van der Waals surface area contributed by atoms with E-state index in [4.69, 9.17) is 0 Å². The van der Waals surface area contributed by atoms with Gasteiger partial charge in [0.15, 0.2) is 0 Å². The zero-order chi connectivity index (χ0) is 11.4. The van der Waals surface area contributed by atoms with Gasteiger partial charge in [-0.15, -0.1) is 0 Å². The lowest BCUT2D eigenvalue weighted by molar-refractivity contribution is -0.385. The number of nitro groups is 1. The lowest BCUT2D eigenvalue weighted by Crippen LogP contribution is -2.17. The van der Waals surface area contributed by atoms with Crippen LogP contribution in [0.25, 0.3) is 0 Å². The Labute approximate surface area is 89.5 Å². The molecule has 0 saturated heterocycles. The second kappa shape index (κ2) is 4.89. The molecule has 0 radical (unpaired) electrons. The van der Waals surface area contributed by atoms with Gasteiger partial charge < -0.3 is 5.32 Å². The maximum Gasteiger partial charge on any atom is 0.272 e. The first kappa shape index (κ1) is 11.7. The molecule has 0 bridgehead atoms. The highest BCUT2D eigenvalue weighted by atomic mass is 16.6. The molecule has 0 amide bonds. The van der Waals surface area contributed by atoms with Crippen LogP contribution in [0.3, 0.4) is 0 Å². The molecule has 4 nitrogen and oxygen atoms in total. The maximum absolute atomic E-state index is 10.7. The van der Waals surface area contributed by atoms with E-state index < -0.39 is 0 Å². The van der Waals surface area contributed by atoms with E-state index in [0.29, 0.717) is 5.56 Å². The number of hydrogen-bond acceptors (Lipinski definition) is 3. The topological polar surface area (TPSA) is 55.2 Å². The molecule has 0 aliphatic carbocycles. The Balaban J connectivity index is 3.02. The van der Waals surface area contributed by atoms with Gasteiger partial charge in [-0.1, -0.05) is 19.1 Å². The van der Waals surface area contributed by atoms with E-state index in [9.17, 15) is 10.1 Å². The van der Waals surface area contributed by atoms with Gasteiger partial charge in [-0.2, -0.15) is 0 Å². The Kier molecular flexibility index (Phi) is 3.80. The third kappa shape index (κ3) is 2.76. The van der Waals surface area contributed by atoms with Gasteiger partial charge in [-0.05, 0) is 26.0 Å². The summed E-state index contributed by atoms with van der Waals surface area (Å²) in [6.45, 7) is 6.61. The van der Waals surface area contributed by atoms with Gasteiger partial charge in [-0.3, -0.25) is 10.1 Å². The van der Waals surface area contributed by atoms with Crippen LogP contribution in [0.15, 0.2) is 18.2 Å². The molecule has 0 saturated carbocycles. The molecule has 15 heavy (non-hydrogen) atoms. The van der Waals surface area contributed by atoms with E-state index >= 15 is 0 Å². The first-order chi connectivity index (χ1) is 7.06. The van der Waals surface area contributed by atoms with Gasteiger partial charge >= 0.3 is 0 Å². The Bertz CT molecular complexity index is 364. The highest BCUT2D eigenvalue weighted by Crippen LogP contribution is 2.22. The number of benzene rings is 1. The third-order valence-electron chi connectivity index (χ3n) is 2.44. The van der Waals surface area contributed by atoms with E-state index in [1.807, 2.05) is 19.9 Å².